The van der Waals surface area contributed by atoms with Gasteiger partial charge in [-0.1, -0.05) is 24.3 Å². The van der Waals surface area contributed by atoms with E-state index in [1.54, 1.807) is 0 Å². The van der Waals surface area contributed by atoms with Gasteiger partial charge in [0.2, 0.25) is 0 Å². The van der Waals surface area contributed by atoms with Crippen LogP contribution in [0.15, 0.2) is 97.1 Å². The summed E-state index contributed by atoms with van der Waals surface area (Å²) in [5.41, 5.74) is 14.2. The minimum atomic E-state index is -0.221. The topological polar surface area (TPSA) is 32.7 Å². The van der Waals surface area contributed by atoms with Crippen molar-refractivity contribution in [2.75, 3.05) is 20.0 Å². The second kappa shape index (κ2) is 10.1. The second-order valence-corrected chi connectivity index (χ2v) is 12.9. The molecule has 8 nitrogen and oxygen atoms in total. The molecule has 6 aromatic rings. The molecule has 0 fully saturated rings. The van der Waals surface area contributed by atoms with Crippen LogP contribution in [0.25, 0.3) is 0 Å². The third-order valence-electron chi connectivity index (χ3n) is 9.82. The Morgan fingerprint density at radius 3 is 0.630 bits per heavy atom. The van der Waals surface area contributed by atoms with Crippen LogP contribution in [-0.2, 0) is 0 Å². The van der Waals surface area contributed by atoms with Gasteiger partial charge in [0.25, 0.3) is 0 Å². The largest absolute Gasteiger partial charge is 0.260 e. The van der Waals surface area contributed by atoms with Gasteiger partial charge in [0.15, 0.2) is 12.3 Å². The number of aryl methyl sites for hydroxylation is 8. The van der Waals surface area contributed by atoms with Crippen molar-refractivity contribution in [3.8, 4) is 0 Å². The standard InChI is InChI=1S/C38H42N8/c1-25-17-18-26(2)39(25)43-33-13-9-10-14-34(33)44(40-27(3)19-20-28(40)4)37(43)38-45(41-29(5)21-22-30(41)6)35-15-11-12-16-36(35)46(38)42-31(7)23-24-32(42)8/h9-24,37-38H,1-8H3. The van der Waals surface area contributed by atoms with Gasteiger partial charge in [0.05, 0.1) is 22.7 Å². The second-order valence-electron chi connectivity index (χ2n) is 12.9. The molecule has 0 aliphatic carbocycles. The molecule has 0 N–H and O–H groups in total. The Kier molecular flexibility index (Phi) is 6.23. The highest BCUT2D eigenvalue weighted by atomic mass is 15.8. The van der Waals surface area contributed by atoms with Crippen LogP contribution >= 0.6 is 0 Å². The summed E-state index contributed by atoms with van der Waals surface area (Å²) in [6, 6.07) is 35.5. The molecule has 2 aliphatic heterocycles. The molecule has 2 aromatic carbocycles. The van der Waals surface area contributed by atoms with E-state index in [2.05, 4.69) is 191 Å². The molecule has 46 heavy (non-hydrogen) atoms. The molecule has 4 aromatic heterocycles. The number of rotatable bonds is 5. The molecule has 0 saturated heterocycles. The van der Waals surface area contributed by atoms with E-state index in [1.165, 1.54) is 68.3 Å². The van der Waals surface area contributed by atoms with Crippen molar-refractivity contribution in [1.82, 2.24) is 18.7 Å². The zero-order chi connectivity index (χ0) is 32.0. The highest BCUT2D eigenvalue weighted by Crippen LogP contribution is 2.50. The van der Waals surface area contributed by atoms with E-state index in [0.717, 1.165) is 0 Å². The average Bonchev–Trinajstić information content (AvgIpc) is 3.87. The maximum absolute atomic E-state index is 2.53. The Bertz CT molecular complexity index is 1730. The lowest BCUT2D eigenvalue weighted by molar-refractivity contribution is 0.362. The number of para-hydroxylation sites is 4. The Morgan fingerprint density at radius 2 is 0.457 bits per heavy atom. The summed E-state index contributed by atoms with van der Waals surface area (Å²) >= 11 is 0. The first-order valence-electron chi connectivity index (χ1n) is 16.1. The van der Waals surface area contributed by atoms with Gasteiger partial charge < -0.3 is 0 Å². The van der Waals surface area contributed by atoms with Crippen LogP contribution in [0.4, 0.5) is 22.7 Å². The molecule has 234 valence electrons. The van der Waals surface area contributed by atoms with Gasteiger partial charge in [0, 0.05) is 45.6 Å². The van der Waals surface area contributed by atoms with Crippen molar-refractivity contribution < 1.29 is 0 Å². The highest BCUT2D eigenvalue weighted by molar-refractivity contribution is 5.83. The van der Waals surface area contributed by atoms with Crippen LogP contribution < -0.4 is 20.0 Å². The fourth-order valence-electron chi connectivity index (χ4n) is 7.89. The van der Waals surface area contributed by atoms with Crippen molar-refractivity contribution in [1.29, 1.82) is 0 Å². The molecule has 0 atom stereocenters. The monoisotopic (exact) mass is 610 g/mol. The molecule has 0 amide bonds. The number of nitrogens with zero attached hydrogens (tertiary/aromatic N) is 8. The zero-order valence-electron chi connectivity index (χ0n) is 28.0. The van der Waals surface area contributed by atoms with Gasteiger partial charge in [0.1, 0.15) is 0 Å². The first kappa shape index (κ1) is 28.2. The highest BCUT2D eigenvalue weighted by Gasteiger charge is 2.54. The Balaban J connectivity index is 1.51. The van der Waals surface area contributed by atoms with Gasteiger partial charge in [-0.25, -0.2) is 0 Å². The third-order valence-corrected chi connectivity index (χ3v) is 9.82. The molecule has 0 spiro atoms. The SMILES string of the molecule is Cc1ccc(C)n1N1c2ccccc2N(n2c(C)ccc2C)C1C1N(n2c(C)ccc2C)c2ccccc2N1n1c(C)ccc1C. The van der Waals surface area contributed by atoms with Gasteiger partial charge in [-0.05, 0) is 128 Å². The smallest absolute Gasteiger partial charge is 0.183 e. The maximum Gasteiger partial charge on any atom is 0.183 e. The lowest BCUT2D eigenvalue weighted by Crippen LogP contribution is -2.66. The van der Waals surface area contributed by atoms with Gasteiger partial charge in [-0.3, -0.25) is 38.7 Å². The summed E-state index contributed by atoms with van der Waals surface area (Å²) in [6.07, 6.45) is -0.441. The molecule has 0 saturated carbocycles. The molecule has 0 unspecified atom stereocenters. The van der Waals surface area contributed by atoms with E-state index in [4.69, 9.17) is 0 Å². The lowest BCUT2D eigenvalue weighted by atomic mass is 10.3. The summed E-state index contributed by atoms with van der Waals surface area (Å²) in [4.78, 5) is 0. The molecular formula is C38H42N8. The first-order chi connectivity index (χ1) is 22.2. The summed E-state index contributed by atoms with van der Waals surface area (Å²) in [5, 5.41) is 10.1. The Morgan fingerprint density at radius 1 is 0.283 bits per heavy atom. The molecule has 8 rings (SSSR count). The van der Waals surface area contributed by atoms with Crippen molar-refractivity contribution in [2.24, 2.45) is 0 Å². The van der Waals surface area contributed by atoms with Gasteiger partial charge >= 0.3 is 0 Å². The molecule has 8 heteroatoms. The van der Waals surface area contributed by atoms with E-state index >= 15 is 0 Å². The molecule has 6 heterocycles. The van der Waals surface area contributed by atoms with Crippen molar-refractivity contribution >= 4 is 22.7 Å². The fraction of sp³-hybridized carbons (Fsp3) is 0.263. The average molecular weight is 611 g/mol. The number of hydrogen-bond acceptors (Lipinski definition) is 4. The fourth-order valence-corrected chi connectivity index (χ4v) is 7.89. The predicted octanol–water partition coefficient (Wildman–Crippen LogP) is 7.82. The third kappa shape index (κ3) is 3.79. The van der Waals surface area contributed by atoms with Crippen LogP contribution in [0.5, 0.6) is 0 Å². The van der Waals surface area contributed by atoms with Crippen LogP contribution in [0.2, 0.25) is 0 Å². The van der Waals surface area contributed by atoms with Crippen molar-refractivity contribution in [3.63, 3.8) is 0 Å². The van der Waals surface area contributed by atoms with E-state index in [9.17, 15) is 0 Å². The number of aromatic nitrogens is 4. The van der Waals surface area contributed by atoms with E-state index in [1.807, 2.05) is 0 Å². The molecule has 2 aliphatic rings. The number of benzene rings is 2. The van der Waals surface area contributed by atoms with E-state index < -0.39 is 0 Å². The quantitative estimate of drug-likeness (QED) is 0.199. The predicted molar refractivity (Wildman–Crippen MR) is 188 cm³/mol. The first-order valence-corrected chi connectivity index (χ1v) is 16.1. The van der Waals surface area contributed by atoms with E-state index in [-0.39, 0.29) is 12.3 Å². The van der Waals surface area contributed by atoms with Crippen LogP contribution in [0, 0.1) is 55.4 Å². The van der Waals surface area contributed by atoms with Gasteiger partial charge in [-0.15, -0.1) is 0 Å². The number of hydrogen-bond donors (Lipinski definition) is 0. The van der Waals surface area contributed by atoms with Crippen molar-refractivity contribution in [3.05, 3.63) is 143 Å². The lowest BCUT2D eigenvalue weighted by Gasteiger charge is -2.46. The number of anilines is 4. The Labute approximate surface area is 271 Å². The molecular weight excluding hydrogens is 568 g/mol. The summed E-state index contributed by atoms with van der Waals surface area (Å²) in [5.74, 6) is 0. The summed E-state index contributed by atoms with van der Waals surface area (Å²) in [6.45, 7) is 17.7. The summed E-state index contributed by atoms with van der Waals surface area (Å²) in [7, 11) is 0. The summed E-state index contributed by atoms with van der Waals surface area (Å²) < 4.78 is 9.62. The number of fused-ring (bicyclic) bond motifs is 2. The van der Waals surface area contributed by atoms with Crippen LogP contribution in [-0.4, -0.2) is 31.0 Å². The minimum absolute atomic E-state index is 0.221. The Hall–Kier alpha value is -5.24. The maximum atomic E-state index is 2.53. The van der Waals surface area contributed by atoms with Crippen LogP contribution in [0.3, 0.4) is 0 Å². The van der Waals surface area contributed by atoms with Crippen LogP contribution in [0.1, 0.15) is 45.6 Å². The normalized spacial score (nSPS) is 15.0. The van der Waals surface area contributed by atoms with E-state index in [0.29, 0.717) is 0 Å². The zero-order valence-corrected chi connectivity index (χ0v) is 28.0. The van der Waals surface area contributed by atoms with Gasteiger partial charge in [-0.2, -0.15) is 0 Å². The van der Waals surface area contributed by atoms with Crippen molar-refractivity contribution in [2.45, 2.75) is 67.7 Å². The molecule has 0 bridgehead atoms. The molecule has 0 radical (unpaired) electrons. The minimum Gasteiger partial charge on any atom is -0.260 e.